The van der Waals surface area contributed by atoms with E-state index in [0.717, 1.165) is 5.69 Å². The van der Waals surface area contributed by atoms with Gasteiger partial charge in [-0.15, -0.1) is 0 Å². The summed E-state index contributed by atoms with van der Waals surface area (Å²) >= 11 is 0. The predicted octanol–water partition coefficient (Wildman–Crippen LogP) is 2.54. The van der Waals surface area contributed by atoms with Gasteiger partial charge in [0.2, 0.25) is 11.7 Å². The molecule has 0 aromatic heterocycles. The van der Waals surface area contributed by atoms with Gasteiger partial charge in [-0.1, -0.05) is 18.2 Å². The second-order valence-corrected chi connectivity index (χ2v) is 10.0. The van der Waals surface area contributed by atoms with Crippen molar-refractivity contribution < 1.29 is 33.3 Å². The molecule has 11 nitrogen and oxygen atoms in total. The Morgan fingerprint density at radius 2 is 1.63 bits per heavy atom. The molecule has 2 saturated heterocycles. The van der Waals surface area contributed by atoms with E-state index >= 15 is 0 Å². The van der Waals surface area contributed by atoms with Crippen molar-refractivity contribution in [2.75, 3.05) is 72.3 Å². The smallest absolute Gasteiger partial charge is 0.254 e. The van der Waals surface area contributed by atoms with Crippen LogP contribution in [0.25, 0.3) is 0 Å². The SMILES string of the molecule is CCOCCCNC(=O)CN1CN(c2ccccc2)C2(CCN(C(=O)c3cc(OC)c(OC)c(OC)c3)CC2)C1=O. The maximum absolute atomic E-state index is 13.9. The van der Waals surface area contributed by atoms with E-state index in [4.69, 9.17) is 18.9 Å². The Kier molecular flexibility index (Phi) is 9.93. The van der Waals surface area contributed by atoms with Crippen molar-refractivity contribution in [3.63, 3.8) is 0 Å². The molecule has 41 heavy (non-hydrogen) atoms. The average molecular weight is 569 g/mol. The van der Waals surface area contributed by atoms with Crippen LogP contribution < -0.4 is 24.4 Å². The van der Waals surface area contributed by atoms with Gasteiger partial charge in [0.05, 0.1) is 28.0 Å². The van der Waals surface area contributed by atoms with Crippen LogP contribution in [0.4, 0.5) is 5.69 Å². The van der Waals surface area contributed by atoms with Crippen molar-refractivity contribution in [3.8, 4) is 17.2 Å². The van der Waals surface area contributed by atoms with Crippen molar-refractivity contribution in [3.05, 3.63) is 48.0 Å². The van der Waals surface area contributed by atoms with Crippen LogP contribution in [-0.4, -0.2) is 100 Å². The number of carbonyl (C=O) groups is 3. The maximum atomic E-state index is 13.9. The fourth-order valence-electron chi connectivity index (χ4n) is 5.56. The van der Waals surface area contributed by atoms with Crippen molar-refractivity contribution in [2.24, 2.45) is 0 Å². The summed E-state index contributed by atoms with van der Waals surface area (Å²) in [6.07, 6.45) is 1.58. The van der Waals surface area contributed by atoms with Crippen LogP contribution in [0.5, 0.6) is 17.2 Å². The fourth-order valence-corrected chi connectivity index (χ4v) is 5.56. The van der Waals surface area contributed by atoms with E-state index in [-0.39, 0.29) is 24.3 Å². The number of piperidine rings is 1. The van der Waals surface area contributed by atoms with Crippen LogP contribution in [-0.2, 0) is 14.3 Å². The molecule has 2 aliphatic rings. The average Bonchev–Trinajstić information content (AvgIpc) is 3.26. The number of benzene rings is 2. The molecular weight excluding hydrogens is 528 g/mol. The highest BCUT2D eigenvalue weighted by atomic mass is 16.5. The van der Waals surface area contributed by atoms with Gasteiger partial charge in [0.1, 0.15) is 12.1 Å². The number of carbonyl (C=O) groups excluding carboxylic acids is 3. The molecule has 2 aromatic carbocycles. The molecule has 0 saturated carbocycles. The minimum atomic E-state index is -0.845. The van der Waals surface area contributed by atoms with Crippen LogP contribution in [0.15, 0.2) is 42.5 Å². The molecule has 11 heteroatoms. The number of anilines is 1. The van der Waals surface area contributed by atoms with E-state index in [1.165, 1.54) is 21.3 Å². The summed E-state index contributed by atoms with van der Waals surface area (Å²) in [5.41, 5.74) is 0.475. The van der Waals surface area contributed by atoms with Gasteiger partial charge >= 0.3 is 0 Å². The van der Waals surface area contributed by atoms with Crippen molar-refractivity contribution in [1.29, 1.82) is 0 Å². The predicted molar refractivity (Wildman–Crippen MR) is 154 cm³/mol. The zero-order chi connectivity index (χ0) is 29.4. The molecule has 0 bridgehead atoms. The molecule has 1 spiro atoms. The van der Waals surface area contributed by atoms with Crippen LogP contribution in [0, 0.1) is 0 Å². The molecule has 222 valence electrons. The van der Waals surface area contributed by atoms with Crippen LogP contribution in [0.2, 0.25) is 0 Å². The number of amides is 3. The molecule has 0 aliphatic carbocycles. The summed E-state index contributed by atoms with van der Waals surface area (Å²) in [5, 5.41) is 2.89. The lowest BCUT2D eigenvalue weighted by atomic mass is 9.85. The van der Waals surface area contributed by atoms with E-state index in [1.54, 1.807) is 21.9 Å². The molecule has 3 amide bonds. The molecule has 2 fully saturated rings. The highest BCUT2D eigenvalue weighted by molar-refractivity contribution is 5.98. The lowest BCUT2D eigenvalue weighted by Gasteiger charge is -2.43. The maximum Gasteiger partial charge on any atom is 0.254 e. The van der Waals surface area contributed by atoms with Gasteiger partial charge in [0.25, 0.3) is 11.8 Å². The molecule has 2 heterocycles. The van der Waals surface area contributed by atoms with Crippen molar-refractivity contribution in [1.82, 2.24) is 15.1 Å². The van der Waals surface area contributed by atoms with Gasteiger partial charge in [-0.05, 0) is 50.5 Å². The zero-order valence-corrected chi connectivity index (χ0v) is 24.3. The summed E-state index contributed by atoms with van der Waals surface area (Å²) < 4.78 is 21.6. The first-order valence-electron chi connectivity index (χ1n) is 13.9. The molecule has 2 aliphatic heterocycles. The third-order valence-corrected chi connectivity index (χ3v) is 7.70. The van der Waals surface area contributed by atoms with E-state index < -0.39 is 5.54 Å². The van der Waals surface area contributed by atoms with Gasteiger partial charge in [0.15, 0.2) is 11.5 Å². The van der Waals surface area contributed by atoms with Gasteiger partial charge in [-0.3, -0.25) is 14.4 Å². The number of likely N-dealkylation sites (tertiary alicyclic amines) is 1. The quantitative estimate of drug-likeness (QED) is 0.389. The summed E-state index contributed by atoms with van der Waals surface area (Å²) in [5.74, 6) is 0.741. The first-order chi connectivity index (χ1) is 19.9. The van der Waals surface area contributed by atoms with E-state index in [0.29, 0.717) is 81.6 Å². The summed E-state index contributed by atoms with van der Waals surface area (Å²) in [6, 6.07) is 13.0. The van der Waals surface area contributed by atoms with Crippen LogP contribution >= 0.6 is 0 Å². The number of rotatable bonds is 12. The lowest BCUT2D eigenvalue weighted by Crippen LogP contribution is -2.57. The largest absolute Gasteiger partial charge is 0.493 e. The Hall–Kier alpha value is -3.99. The van der Waals surface area contributed by atoms with Crippen molar-refractivity contribution in [2.45, 2.75) is 31.7 Å². The number of hydrogen-bond acceptors (Lipinski definition) is 8. The summed E-state index contributed by atoms with van der Waals surface area (Å²) in [7, 11) is 4.53. The third kappa shape index (κ3) is 6.35. The monoisotopic (exact) mass is 568 g/mol. The normalized spacial score (nSPS) is 16.2. The number of para-hydroxylation sites is 1. The number of ether oxygens (including phenoxy) is 4. The lowest BCUT2D eigenvalue weighted by molar-refractivity contribution is -0.137. The highest BCUT2D eigenvalue weighted by Crippen LogP contribution is 2.41. The Morgan fingerprint density at radius 1 is 0.976 bits per heavy atom. The third-order valence-electron chi connectivity index (χ3n) is 7.70. The fraction of sp³-hybridized carbons (Fsp3) is 0.500. The second kappa shape index (κ2) is 13.6. The summed E-state index contributed by atoms with van der Waals surface area (Å²) in [6.45, 7) is 4.67. The number of nitrogens with one attached hydrogen (secondary N) is 1. The Balaban J connectivity index is 1.49. The highest BCUT2D eigenvalue weighted by Gasteiger charge is 2.54. The van der Waals surface area contributed by atoms with Gasteiger partial charge in [0, 0.05) is 44.1 Å². The Labute approximate surface area is 241 Å². The second-order valence-electron chi connectivity index (χ2n) is 10.0. The minimum Gasteiger partial charge on any atom is -0.493 e. The van der Waals surface area contributed by atoms with Crippen LogP contribution in [0.3, 0.4) is 0 Å². The molecule has 0 atom stereocenters. The minimum absolute atomic E-state index is 0.0212. The van der Waals surface area contributed by atoms with Crippen molar-refractivity contribution >= 4 is 23.4 Å². The molecule has 0 radical (unpaired) electrons. The zero-order valence-electron chi connectivity index (χ0n) is 24.3. The standard InChI is InChI=1S/C30H40N4O7/c1-5-41-17-9-14-31-26(35)20-33-21-34(23-10-7-6-8-11-23)30(29(33)37)12-15-32(16-13-30)28(36)22-18-24(38-2)27(40-4)25(19-22)39-3/h6-8,10-11,18-19H,5,9,12-17,20-21H2,1-4H3,(H,31,35). The molecular formula is C30H40N4O7. The van der Waals surface area contributed by atoms with E-state index in [9.17, 15) is 14.4 Å². The molecule has 0 unspecified atom stereocenters. The first-order valence-corrected chi connectivity index (χ1v) is 13.9. The van der Waals surface area contributed by atoms with Gasteiger partial charge in [-0.2, -0.15) is 0 Å². The number of hydrogen-bond donors (Lipinski definition) is 1. The Bertz CT molecular complexity index is 1190. The Morgan fingerprint density at radius 3 is 2.22 bits per heavy atom. The van der Waals surface area contributed by atoms with Gasteiger partial charge < -0.3 is 39.0 Å². The van der Waals surface area contributed by atoms with Gasteiger partial charge in [-0.25, -0.2) is 0 Å². The topological polar surface area (TPSA) is 110 Å². The summed E-state index contributed by atoms with van der Waals surface area (Å²) in [4.78, 5) is 45.6. The molecule has 2 aromatic rings. The van der Waals surface area contributed by atoms with Crippen LogP contribution in [0.1, 0.15) is 36.5 Å². The molecule has 4 rings (SSSR count). The van der Waals surface area contributed by atoms with E-state index in [2.05, 4.69) is 10.2 Å². The molecule has 1 N–H and O–H groups in total. The number of methoxy groups -OCH3 is 3. The van der Waals surface area contributed by atoms with E-state index in [1.807, 2.05) is 37.3 Å². The first kappa shape index (κ1) is 30.0. The number of nitrogens with zero attached hydrogens (tertiary/aromatic N) is 3.